The van der Waals surface area contributed by atoms with Crippen LogP contribution in [0.3, 0.4) is 0 Å². The fourth-order valence-corrected chi connectivity index (χ4v) is 3.89. The maximum Gasteiger partial charge on any atom is 0.238 e. The van der Waals surface area contributed by atoms with Gasteiger partial charge >= 0.3 is 0 Å². The van der Waals surface area contributed by atoms with Gasteiger partial charge in [-0.2, -0.15) is 0 Å². The van der Waals surface area contributed by atoms with Crippen LogP contribution in [0.1, 0.15) is 36.4 Å². The second-order valence-corrected chi connectivity index (χ2v) is 7.30. The molecule has 142 valence electrons. The summed E-state index contributed by atoms with van der Waals surface area (Å²) in [7, 11) is 0. The highest BCUT2D eigenvalue weighted by molar-refractivity contribution is 5.92. The summed E-state index contributed by atoms with van der Waals surface area (Å²) in [5.74, 6) is 1.67. The molecule has 1 atom stereocenters. The lowest BCUT2D eigenvalue weighted by Crippen LogP contribution is -2.33. The van der Waals surface area contributed by atoms with Gasteiger partial charge < -0.3 is 14.8 Å². The number of carbonyl (C=O) groups is 1. The standard InChI is InChI=1S/C22H26N2O3/c1-16-5-2-6-18(13-16)23-22(25)15-24-10-3-7-19(24)17-8-9-20-21(14-17)27-12-4-11-26-20/h2,5-6,8-9,13-14,19H,3-4,7,10-12,15H2,1H3,(H,23,25). The molecule has 2 heterocycles. The third-order valence-electron chi connectivity index (χ3n) is 5.17. The molecule has 1 amide bonds. The van der Waals surface area contributed by atoms with Gasteiger partial charge in [0.2, 0.25) is 5.91 Å². The van der Waals surface area contributed by atoms with Crippen LogP contribution in [0.4, 0.5) is 5.69 Å². The summed E-state index contributed by atoms with van der Waals surface area (Å²) in [6.45, 7) is 4.73. The van der Waals surface area contributed by atoms with Gasteiger partial charge in [0.25, 0.3) is 0 Å². The second-order valence-electron chi connectivity index (χ2n) is 7.30. The second kappa shape index (κ2) is 8.01. The summed E-state index contributed by atoms with van der Waals surface area (Å²) < 4.78 is 11.6. The molecule has 0 aromatic heterocycles. The van der Waals surface area contributed by atoms with Crippen molar-refractivity contribution in [3.8, 4) is 11.5 Å². The molecule has 2 aromatic carbocycles. The minimum absolute atomic E-state index is 0.0295. The van der Waals surface area contributed by atoms with Gasteiger partial charge in [0.05, 0.1) is 19.8 Å². The highest BCUT2D eigenvalue weighted by atomic mass is 16.5. The first-order chi connectivity index (χ1) is 13.2. The molecule has 1 saturated heterocycles. The molecule has 5 nitrogen and oxygen atoms in total. The van der Waals surface area contributed by atoms with E-state index in [-0.39, 0.29) is 11.9 Å². The molecule has 2 aliphatic rings. The Bertz CT molecular complexity index is 821. The van der Waals surface area contributed by atoms with Gasteiger partial charge in [-0.05, 0) is 61.7 Å². The minimum Gasteiger partial charge on any atom is -0.490 e. The summed E-state index contributed by atoms with van der Waals surface area (Å²) in [4.78, 5) is 14.8. The Balaban J connectivity index is 1.44. The lowest BCUT2D eigenvalue weighted by Gasteiger charge is -2.25. The lowest BCUT2D eigenvalue weighted by atomic mass is 10.0. The van der Waals surface area contributed by atoms with E-state index in [1.165, 1.54) is 5.56 Å². The molecule has 0 saturated carbocycles. The lowest BCUT2D eigenvalue weighted by molar-refractivity contribution is -0.117. The zero-order chi connectivity index (χ0) is 18.6. The van der Waals surface area contributed by atoms with Crippen LogP contribution in [-0.4, -0.2) is 37.1 Å². The van der Waals surface area contributed by atoms with Gasteiger partial charge in [0.15, 0.2) is 11.5 Å². The normalized spacial score (nSPS) is 19.5. The van der Waals surface area contributed by atoms with Crippen LogP contribution in [0, 0.1) is 6.92 Å². The van der Waals surface area contributed by atoms with E-state index >= 15 is 0 Å². The monoisotopic (exact) mass is 366 g/mol. The van der Waals surface area contributed by atoms with E-state index in [1.807, 2.05) is 37.3 Å². The number of nitrogens with one attached hydrogen (secondary N) is 1. The van der Waals surface area contributed by atoms with Crippen LogP contribution in [-0.2, 0) is 4.79 Å². The third-order valence-corrected chi connectivity index (χ3v) is 5.17. The molecule has 2 aromatic rings. The maximum absolute atomic E-state index is 12.5. The first-order valence-electron chi connectivity index (χ1n) is 9.69. The van der Waals surface area contributed by atoms with Crippen LogP contribution < -0.4 is 14.8 Å². The van der Waals surface area contributed by atoms with Gasteiger partial charge in [-0.15, -0.1) is 0 Å². The number of carbonyl (C=O) groups excluding carboxylic acids is 1. The molecule has 0 bridgehead atoms. The number of aryl methyl sites for hydroxylation is 1. The van der Waals surface area contributed by atoms with E-state index in [9.17, 15) is 4.79 Å². The van der Waals surface area contributed by atoms with Crippen LogP contribution in [0.5, 0.6) is 11.5 Å². The number of rotatable bonds is 4. The van der Waals surface area contributed by atoms with E-state index in [0.717, 1.165) is 48.6 Å². The number of hydrogen-bond donors (Lipinski definition) is 1. The van der Waals surface area contributed by atoms with Gasteiger partial charge in [-0.1, -0.05) is 18.2 Å². The van der Waals surface area contributed by atoms with Gasteiger partial charge in [0.1, 0.15) is 0 Å². The summed E-state index contributed by atoms with van der Waals surface area (Å²) >= 11 is 0. The smallest absolute Gasteiger partial charge is 0.238 e. The summed E-state index contributed by atoms with van der Waals surface area (Å²) in [6.07, 6.45) is 3.05. The van der Waals surface area contributed by atoms with Crippen molar-refractivity contribution in [3.05, 3.63) is 53.6 Å². The first kappa shape index (κ1) is 17.9. The minimum atomic E-state index is 0.0295. The molecule has 0 radical (unpaired) electrons. The Labute approximate surface area is 160 Å². The Morgan fingerprint density at radius 3 is 2.81 bits per heavy atom. The SMILES string of the molecule is Cc1cccc(NC(=O)CN2CCCC2c2ccc3c(c2)OCCCO3)c1. The quantitative estimate of drug-likeness (QED) is 0.891. The van der Waals surface area contributed by atoms with E-state index < -0.39 is 0 Å². The van der Waals surface area contributed by atoms with Crippen molar-refractivity contribution in [2.75, 3.05) is 31.6 Å². The van der Waals surface area contributed by atoms with Crippen molar-refractivity contribution in [1.82, 2.24) is 4.90 Å². The van der Waals surface area contributed by atoms with E-state index in [1.54, 1.807) is 0 Å². The maximum atomic E-state index is 12.5. The molecular weight excluding hydrogens is 340 g/mol. The summed E-state index contributed by atoms with van der Waals surface area (Å²) in [6, 6.07) is 14.3. The van der Waals surface area contributed by atoms with Gasteiger partial charge in [0, 0.05) is 18.2 Å². The Morgan fingerprint density at radius 1 is 1.11 bits per heavy atom. The third kappa shape index (κ3) is 4.25. The number of nitrogens with zero attached hydrogens (tertiary/aromatic N) is 1. The van der Waals surface area contributed by atoms with E-state index in [2.05, 4.69) is 22.3 Å². The number of likely N-dealkylation sites (tertiary alicyclic amines) is 1. The van der Waals surface area contributed by atoms with Crippen LogP contribution in [0.25, 0.3) is 0 Å². The van der Waals surface area contributed by atoms with E-state index in [0.29, 0.717) is 19.8 Å². The molecule has 27 heavy (non-hydrogen) atoms. The zero-order valence-corrected chi connectivity index (χ0v) is 15.7. The Kier molecular flexibility index (Phi) is 5.30. The van der Waals surface area contributed by atoms with Gasteiger partial charge in [-0.3, -0.25) is 9.69 Å². The molecule has 5 heteroatoms. The fraction of sp³-hybridized carbons (Fsp3) is 0.409. The number of ether oxygens (including phenoxy) is 2. The Morgan fingerprint density at radius 2 is 1.96 bits per heavy atom. The predicted octanol–water partition coefficient (Wildman–Crippen LogP) is 3.93. The number of anilines is 1. The fourth-order valence-electron chi connectivity index (χ4n) is 3.89. The molecule has 0 spiro atoms. The number of fused-ring (bicyclic) bond motifs is 1. The summed E-state index contributed by atoms with van der Waals surface area (Å²) in [5.41, 5.74) is 3.19. The molecule has 1 fully saturated rings. The number of benzene rings is 2. The number of hydrogen-bond acceptors (Lipinski definition) is 4. The highest BCUT2D eigenvalue weighted by Crippen LogP contribution is 2.37. The zero-order valence-electron chi connectivity index (χ0n) is 15.7. The average Bonchev–Trinajstić information content (AvgIpc) is 2.97. The Hall–Kier alpha value is -2.53. The molecule has 0 aliphatic carbocycles. The molecule has 1 unspecified atom stereocenters. The highest BCUT2D eigenvalue weighted by Gasteiger charge is 2.28. The molecular formula is C22H26N2O3. The molecule has 4 rings (SSSR count). The molecule has 1 N–H and O–H groups in total. The van der Waals surface area contributed by atoms with Crippen molar-refractivity contribution in [2.24, 2.45) is 0 Å². The topological polar surface area (TPSA) is 50.8 Å². The van der Waals surface area contributed by atoms with E-state index in [4.69, 9.17) is 9.47 Å². The van der Waals surface area contributed by atoms with Crippen molar-refractivity contribution >= 4 is 11.6 Å². The molecule has 2 aliphatic heterocycles. The van der Waals surface area contributed by atoms with Gasteiger partial charge in [-0.25, -0.2) is 0 Å². The first-order valence-corrected chi connectivity index (χ1v) is 9.69. The van der Waals surface area contributed by atoms with Crippen molar-refractivity contribution < 1.29 is 14.3 Å². The summed E-state index contributed by atoms with van der Waals surface area (Å²) in [5, 5.41) is 3.01. The average molecular weight is 366 g/mol. The van der Waals surface area contributed by atoms with Crippen LogP contribution in [0.2, 0.25) is 0 Å². The van der Waals surface area contributed by atoms with Crippen molar-refractivity contribution in [3.63, 3.8) is 0 Å². The van der Waals surface area contributed by atoms with Crippen LogP contribution >= 0.6 is 0 Å². The van der Waals surface area contributed by atoms with Crippen LogP contribution in [0.15, 0.2) is 42.5 Å². The van der Waals surface area contributed by atoms with Crippen molar-refractivity contribution in [2.45, 2.75) is 32.2 Å². The van der Waals surface area contributed by atoms with Crippen molar-refractivity contribution in [1.29, 1.82) is 0 Å². The largest absolute Gasteiger partial charge is 0.490 e. The number of amides is 1. The predicted molar refractivity (Wildman–Crippen MR) is 105 cm³/mol.